The number of imide groups is 1. The molecule has 3 amide bonds. The first kappa shape index (κ1) is 34.4. The molecule has 2 heterocycles. The molecule has 0 radical (unpaired) electrons. The first-order valence-electron chi connectivity index (χ1n) is 13.9. The van der Waals surface area contributed by atoms with E-state index in [0.29, 0.717) is 31.8 Å². The molecule has 0 unspecified atom stereocenters. The van der Waals surface area contributed by atoms with Crippen LogP contribution in [0.25, 0.3) is 0 Å². The minimum absolute atomic E-state index is 0.191. The van der Waals surface area contributed by atoms with Gasteiger partial charge in [0, 0.05) is 38.3 Å². The van der Waals surface area contributed by atoms with Gasteiger partial charge in [0.15, 0.2) is 0 Å². The third-order valence-electron chi connectivity index (χ3n) is 5.78. The van der Waals surface area contributed by atoms with Gasteiger partial charge >= 0.3 is 6.09 Å². The number of aromatic nitrogens is 1. The highest BCUT2D eigenvalue weighted by atomic mass is 16.6. The van der Waals surface area contributed by atoms with Gasteiger partial charge < -0.3 is 14.5 Å². The van der Waals surface area contributed by atoms with Crippen molar-refractivity contribution < 1.29 is 19.1 Å². The van der Waals surface area contributed by atoms with Gasteiger partial charge in [-0.1, -0.05) is 48.5 Å². The molecule has 1 aliphatic heterocycles. The minimum atomic E-state index is -0.447. The normalized spacial score (nSPS) is 13.2. The summed E-state index contributed by atoms with van der Waals surface area (Å²) in [5, 5.41) is 2.08. The smallest absolute Gasteiger partial charge is 0.410 e. The summed E-state index contributed by atoms with van der Waals surface area (Å²) in [7, 11) is 0. The second kappa shape index (κ2) is 17.8. The van der Waals surface area contributed by atoms with E-state index in [4.69, 9.17) is 9.72 Å². The molecule has 1 aromatic rings. The van der Waals surface area contributed by atoms with E-state index in [0.717, 1.165) is 44.6 Å². The van der Waals surface area contributed by atoms with Gasteiger partial charge in [0.25, 0.3) is 0 Å². The Labute approximate surface area is 225 Å². The summed E-state index contributed by atoms with van der Waals surface area (Å²) < 4.78 is 5.47. The summed E-state index contributed by atoms with van der Waals surface area (Å²) in [6.07, 6.45) is 4.50. The van der Waals surface area contributed by atoms with Crippen molar-refractivity contribution in [3.05, 3.63) is 22.9 Å². The average molecular weight is 521 g/mol. The van der Waals surface area contributed by atoms with E-state index in [1.165, 1.54) is 16.8 Å². The molecule has 0 aliphatic carbocycles. The molecule has 1 aliphatic rings. The fourth-order valence-corrected chi connectivity index (χ4v) is 3.87. The Hall–Kier alpha value is -2.64. The summed E-state index contributed by atoms with van der Waals surface area (Å²) in [5.74, 6) is 1.37. The fraction of sp³-hybridized carbons (Fsp3) is 0.724. The first-order valence-corrected chi connectivity index (χ1v) is 13.9. The van der Waals surface area contributed by atoms with E-state index in [1.54, 1.807) is 4.90 Å². The van der Waals surface area contributed by atoms with Crippen LogP contribution in [-0.4, -0.2) is 60.1 Å². The summed E-state index contributed by atoms with van der Waals surface area (Å²) in [4.78, 5) is 41.5. The number of carbonyl (C=O) groups excluding carboxylic acids is 3. The van der Waals surface area contributed by atoms with E-state index >= 15 is 0 Å². The molecule has 0 atom stereocenters. The molecule has 8 nitrogen and oxygen atoms in total. The quantitative estimate of drug-likeness (QED) is 0.452. The number of rotatable bonds is 8. The zero-order valence-corrected chi connectivity index (χ0v) is 25.1. The molecule has 0 spiro atoms. The fourth-order valence-electron chi connectivity index (χ4n) is 3.87. The number of ether oxygens (including phenoxy) is 1. The van der Waals surface area contributed by atoms with Gasteiger partial charge in [-0.2, -0.15) is 0 Å². The molecule has 0 aromatic carbocycles. The molecule has 1 saturated heterocycles. The molecular weight excluding hydrogens is 468 g/mol. The van der Waals surface area contributed by atoms with Crippen LogP contribution in [0, 0.1) is 5.92 Å². The van der Waals surface area contributed by atoms with Gasteiger partial charge in [-0.3, -0.25) is 14.9 Å². The lowest BCUT2D eigenvalue weighted by Gasteiger charge is -2.36. The second-order valence-electron chi connectivity index (χ2n) is 10.2. The lowest BCUT2D eigenvalue weighted by molar-refractivity contribution is -0.125. The SMILES string of the molecule is CC.CC(C)CCC(=O)NC=O.CCc1cc(N2CCN(C(=O)OC(C)(C)C)CC2)nc(CC)c1CC. The predicted molar refractivity (Wildman–Crippen MR) is 152 cm³/mol. The largest absolute Gasteiger partial charge is 0.444 e. The van der Waals surface area contributed by atoms with Gasteiger partial charge in [0.05, 0.1) is 0 Å². The van der Waals surface area contributed by atoms with Crippen molar-refractivity contribution in [1.29, 1.82) is 0 Å². The Kier molecular flexibility index (Phi) is 16.5. The Balaban J connectivity index is 0.000000910. The van der Waals surface area contributed by atoms with E-state index in [1.807, 2.05) is 48.5 Å². The Bertz CT molecular complexity index is 801. The zero-order chi connectivity index (χ0) is 28.6. The van der Waals surface area contributed by atoms with E-state index < -0.39 is 5.60 Å². The third-order valence-corrected chi connectivity index (χ3v) is 5.78. The van der Waals surface area contributed by atoms with Crippen LogP contribution in [0.4, 0.5) is 10.6 Å². The van der Waals surface area contributed by atoms with Crippen LogP contribution in [0.1, 0.15) is 98.9 Å². The molecule has 8 heteroatoms. The molecule has 37 heavy (non-hydrogen) atoms. The van der Waals surface area contributed by atoms with Crippen LogP contribution >= 0.6 is 0 Å². The maximum Gasteiger partial charge on any atom is 0.410 e. The molecule has 0 saturated carbocycles. The minimum Gasteiger partial charge on any atom is -0.444 e. The second-order valence-corrected chi connectivity index (χ2v) is 10.2. The standard InChI is InChI=1S/C20H33N3O2.C7H13NO2.C2H6/c1-7-15-14-18(21-17(9-3)16(15)8-2)22-10-12-23(13-11-22)19(24)25-20(4,5)6;1-6(2)3-4-7(10)8-5-9;1-2/h14H,7-13H2,1-6H3;5-6H,3-4H2,1-2H3,(H,8,9,10);1-2H3. The molecule has 1 N–H and O–H groups in total. The number of hydrogen-bond donors (Lipinski definition) is 1. The van der Waals surface area contributed by atoms with Gasteiger partial charge in [0.2, 0.25) is 12.3 Å². The van der Waals surface area contributed by atoms with Gasteiger partial charge in [-0.15, -0.1) is 0 Å². The molecule has 0 bridgehead atoms. The number of carbonyl (C=O) groups is 3. The number of piperazine rings is 1. The van der Waals surface area contributed by atoms with Crippen molar-refractivity contribution in [3.63, 3.8) is 0 Å². The maximum absolute atomic E-state index is 12.2. The van der Waals surface area contributed by atoms with E-state index in [-0.39, 0.29) is 12.0 Å². The Morgan fingerprint density at radius 3 is 2.08 bits per heavy atom. The maximum atomic E-state index is 12.2. The average Bonchev–Trinajstić information content (AvgIpc) is 2.87. The molecule has 1 aromatic heterocycles. The van der Waals surface area contributed by atoms with E-state index in [9.17, 15) is 14.4 Å². The molecular formula is C29H52N4O4. The summed E-state index contributed by atoms with van der Waals surface area (Å²) >= 11 is 0. The van der Waals surface area contributed by atoms with Crippen LogP contribution in [-0.2, 0) is 33.6 Å². The van der Waals surface area contributed by atoms with E-state index in [2.05, 4.69) is 37.1 Å². The van der Waals surface area contributed by atoms with Crippen molar-refractivity contribution in [2.45, 2.75) is 107 Å². The lowest BCUT2D eigenvalue weighted by Crippen LogP contribution is -2.50. The number of aryl methyl sites for hydroxylation is 2. The first-order chi connectivity index (χ1) is 17.4. The molecule has 2 rings (SSSR count). The number of amides is 3. The van der Waals surface area contributed by atoms with Gasteiger partial charge in [-0.05, 0) is 69.6 Å². The van der Waals surface area contributed by atoms with Crippen LogP contribution in [0.15, 0.2) is 6.07 Å². The number of nitrogens with one attached hydrogen (secondary N) is 1. The Morgan fingerprint density at radius 2 is 1.65 bits per heavy atom. The van der Waals surface area contributed by atoms with Crippen molar-refractivity contribution >= 4 is 24.2 Å². The predicted octanol–water partition coefficient (Wildman–Crippen LogP) is 5.55. The topological polar surface area (TPSA) is 91.8 Å². The summed E-state index contributed by atoms with van der Waals surface area (Å²) in [6, 6.07) is 2.24. The number of anilines is 1. The van der Waals surface area contributed by atoms with Crippen LogP contribution in [0.3, 0.4) is 0 Å². The number of hydrogen-bond acceptors (Lipinski definition) is 6. The highest BCUT2D eigenvalue weighted by Crippen LogP contribution is 2.23. The Morgan fingerprint density at radius 1 is 1.05 bits per heavy atom. The number of pyridine rings is 1. The van der Waals surface area contributed by atoms with Gasteiger partial charge in [-0.25, -0.2) is 9.78 Å². The van der Waals surface area contributed by atoms with Crippen molar-refractivity contribution in [2.75, 3.05) is 31.1 Å². The summed E-state index contributed by atoms with van der Waals surface area (Å²) in [6.45, 7) is 23.3. The highest BCUT2D eigenvalue weighted by Gasteiger charge is 2.26. The van der Waals surface area contributed by atoms with Crippen molar-refractivity contribution in [3.8, 4) is 0 Å². The summed E-state index contributed by atoms with van der Waals surface area (Å²) in [5.41, 5.74) is 3.57. The molecule has 212 valence electrons. The highest BCUT2D eigenvalue weighted by molar-refractivity contribution is 5.85. The van der Waals surface area contributed by atoms with Crippen LogP contribution < -0.4 is 10.2 Å². The third kappa shape index (κ3) is 12.9. The van der Waals surface area contributed by atoms with Crippen LogP contribution in [0.2, 0.25) is 0 Å². The van der Waals surface area contributed by atoms with Gasteiger partial charge in [0.1, 0.15) is 11.4 Å². The monoisotopic (exact) mass is 520 g/mol. The zero-order valence-electron chi connectivity index (χ0n) is 25.1. The van der Waals surface area contributed by atoms with Crippen LogP contribution in [0.5, 0.6) is 0 Å². The molecule has 1 fully saturated rings. The van der Waals surface area contributed by atoms with Crippen molar-refractivity contribution in [1.82, 2.24) is 15.2 Å². The van der Waals surface area contributed by atoms with Crippen molar-refractivity contribution in [2.24, 2.45) is 5.92 Å². The number of nitrogens with zero attached hydrogens (tertiary/aromatic N) is 3. The lowest BCUT2D eigenvalue weighted by atomic mass is 10.00.